The first kappa shape index (κ1) is 27.3. The Hall–Kier alpha value is -4.25. The van der Waals surface area contributed by atoms with Gasteiger partial charge in [-0.15, -0.1) is 0 Å². The first-order valence-corrected chi connectivity index (χ1v) is 13.4. The molecule has 1 aliphatic heterocycles. The summed E-state index contributed by atoms with van der Waals surface area (Å²) >= 11 is 3.25. The average Bonchev–Trinajstić information content (AvgIpc) is 3.49. The average molecular weight is 605 g/mol. The largest absolute Gasteiger partial charge is 0.337 e. The standard InChI is InChI=1S/C29H26BrFN6O3/c1-16(2)28-32-11-19(12-33-28)18-7-8-23-21(9-18)22(17(3)38)14-36(23)15-27(39)37-13-20(31)10-24(37)29(40)35-26-6-4-5-25(30)34-26/h4-9,11-12,14,20,24H,1,10,13,15H2,2-3H3,(H,34,35,40)/t20-,24+/m1/s1. The van der Waals surface area contributed by atoms with Crippen LogP contribution in [-0.2, 0) is 16.1 Å². The normalized spacial score (nSPS) is 16.8. The molecule has 9 nitrogen and oxygen atoms in total. The molecule has 4 aromatic rings. The second kappa shape index (κ2) is 11.1. The van der Waals surface area contributed by atoms with Gasteiger partial charge in [-0.25, -0.2) is 19.3 Å². The van der Waals surface area contributed by atoms with Crippen LogP contribution in [0.1, 0.15) is 36.5 Å². The maximum Gasteiger partial charge on any atom is 0.248 e. The molecule has 0 aliphatic carbocycles. The number of carbonyl (C=O) groups is 3. The minimum atomic E-state index is -1.33. The molecule has 0 bridgehead atoms. The highest BCUT2D eigenvalue weighted by Crippen LogP contribution is 2.29. The topological polar surface area (TPSA) is 110 Å². The van der Waals surface area contributed by atoms with Crippen LogP contribution in [0.3, 0.4) is 0 Å². The summed E-state index contributed by atoms with van der Waals surface area (Å²) in [6, 6.07) is 9.60. The summed E-state index contributed by atoms with van der Waals surface area (Å²) in [6.07, 6.45) is 3.58. The number of alkyl halides is 1. The lowest BCUT2D eigenvalue weighted by Gasteiger charge is -2.24. The van der Waals surface area contributed by atoms with Crippen molar-refractivity contribution in [1.29, 1.82) is 0 Å². The van der Waals surface area contributed by atoms with Crippen LogP contribution < -0.4 is 5.32 Å². The van der Waals surface area contributed by atoms with E-state index in [4.69, 9.17) is 0 Å². The van der Waals surface area contributed by atoms with Gasteiger partial charge in [0.05, 0.1) is 6.54 Å². The fraction of sp³-hybridized carbons (Fsp3) is 0.241. The Morgan fingerprint density at radius 1 is 1.12 bits per heavy atom. The number of nitrogens with zero attached hydrogens (tertiary/aromatic N) is 5. The molecule has 1 N–H and O–H groups in total. The first-order chi connectivity index (χ1) is 19.1. The molecule has 3 aromatic heterocycles. The summed E-state index contributed by atoms with van der Waals surface area (Å²) in [5.74, 6) is -0.248. The molecule has 1 aliphatic rings. The van der Waals surface area contributed by atoms with Gasteiger partial charge in [-0.3, -0.25) is 14.4 Å². The molecular weight excluding hydrogens is 579 g/mol. The Kier molecular flexibility index (Phi) is 7.57. The molecule has 2 amide bonds. The molecule has 5 rings (SSSR count). The number of allylic oxidation sites excluding steroid dienone is 1. The SMILES string of the molecule is C=C(C)c1ncc(-c2ccc3c(c2)c(C(C)=O)cn3CC(=O)N2C[C@H](F)C[C@H]2C(=O)Nc2cccc(Br)n2)cn1. The molecule has 40 heavy (non-hydrogen) atoms. The van der Waals surface area contributed by atoms with E-state index in [0.29, 0.717) is 32.7 Å². The number of rotatable bonds is 7. The third-order valence-electron chi connectivity index (χ3n) is 6.77. The highest BCUT2D eigenvalue weighted by atomic mass is 79.9. The first-order valence-electron chi connectivity index (χ1n) is 12.6. The number of likely N-dealkylation sites (tertiary alicyclic amines) is 1. The smallest absolute Gasteiger partial charge is 0.248 e. The van der Waals surface area contributed by atoms with Crippen molar-refractivity contribution in [3.05, 3.63) is 77.6 Å². The van der Waals surface area contributed by atoms with E-state index in [2.05, 4.69) is 42.8 Å². The van der Waals surface area contributed by atoms with E-state index in [1.165, 1.54) is 11.8 Å². The Balaban J connectivity index is 1.40. The number of nitrogens with one attached hydrogen (secondary N) is 1. The Morgan fingerprint density at radius 2 is 1.88 bits per heavy atom. The lowest BCUT2D eigenvalue weighted by Crippen LogP contribution is -2.44. The zero-order valence-corrected chi connectivity index (χ0v) is 23.5. The van der Waals surface area contributed by atoms with E-state index in [0.717, 1.165) is 16.7 Å². The zero-order valence-electron chi connectivity index (χ0n) is 21.9. The number of anilines is 1. The Bertz CT molecular complexity index is 1650. The lowest BCUT2D eigenvalue weighted by atomic mass is 10.0. The summed E-state index contributed by atoms with van der Waals surface area (Å²) in [7, 11) is 0. The number of fused-ring (bicyclic) bond motifs is 1. The van der Waals surface area contributed by atoms with Crippen molar-refractivity contribution in [1.82, 2.24) is 24.4 Å². The minimum Gasteiger partial charge on any atom is -0.337 e. The number of hydrogen-bond donors (Lipinski definition) is 1. The van der Waals surface area contributed by atoms with Crippen LogP contribution in [0.25, 0.3) is 27.6 Å². The molecule has 1 fully saturated rings. The number of Topliss-reactive ketones (excluding diaryl/α,β-unsaturated/α-hetero) is 1. The van der Waals surface area contributed by atoms with E-state index in [1.54, 1.807) is 41.4 Å². The van der Waals surface area contributed by atoms with Gasteiger partial charge >= 0.3 is 0 Å². The van der Waals surface area contributed by atoms with Gasteiger partial charge in [0.15, 0.2) is 11.6 Å². The molecule has 1 saturated heterocycles. The number of hydrogen-bond acceptors (Lipinski definition) is 6. The fourth-order valence-corrected chi connectivity index (χ4v) is 5.16. The molecule has 0 saturated carbocycles. The van der Waals surface area contributed by atoms with Crippen molar-refractivity contribution in [2.24, 2.45) is 0 Å². The van der Waals surface area contributed by atoms with Crippen molar-refractivity contribution in [3.63, 3.8) is 0 Å². The zero-order chi connectivity index (χ0) is 28.6. The van der Waals surface area contributed by atoms with Gasteiger partial charge in [0, 0.05) is 47.0 Å². The summed E-state index contributed by atoms with van der Waals surface area (Å²) in [6.45, 7) is 6.79. The number of pyridine rings is 1. The fourth-order valence-electron chi connectivity index (χ4n) is 4.82. The summed E-state index contributed by atoms with van der Waals surface area (Å²) in [5, 5.41) is 3.34. The third kappa shape index (κ3) is 5.55. The molecule has 1 aromatic carbocycles. The van der Waals surface area contributed by atoms with Gasteiger partial charge in [0.1, 0.15) is 29.2 Å². The third-order valence-corrected chi connectivity index (χ3v) is 7.21. The van der Waals surface area contributed by atoms with Gasteiger partial charge in [0.25, 0.3) is 0 Å². The Morgan fingerprint density at radius 3 is 2.55 bits per heavy atom. The lowest BCUT2D eigenvalue weighted by molar-refractivity contribution is -0.137. The summed E-state index contributed by atoms with van der Waals surface area (Å²) < 4.78 is 16.7. The van der Waals surface area contributed by atoms with Gasteiger partial charge in [-0.05, 0) is 65.2 Å². The van der Waals surface area contributed by atoms with Gasteiger partial charge in [0.2, 0.25) is 11.8 Å². The highest BCUT2D eigenvalue weighted by Gasteiger charge is 2.40. The molecule has 0 radical (unpaired) electrons. The Labute approximate surface area is 238 Å². The minimum absolute atomic E-state index is 0.105. The quantitative estimate of drug-likeness (QED) is 0.233. The summed E-state index contributed by atoms with van der Waals surface area (Å²) in [4.78, 5) is 53.0. The van der Waals surface area contributed by atoms with Crippen LogP contribution in [-0.4, -0.2) is 60.8 Å². The monoisotopic (exact) mass is 604 g/mol. The second-order valence-electron chi connectivity index (χ2n) is 9.76. The molecule has 204 valence electrons. The van der Waals surface area contributed by atoms with Crippen molar-refractivity contribution in [3.8, 4) is 11.1 Å². The van der Waals surface area contributed by atoms with Gasteiger partial charge in [-0.2, -0.15) is 0 Å². The predicted octanol–water partition coefficient (Wildman–Crippen LogP) is 5.07. The molecule has 11 heteroatoms. The molecular formula is C29H26BrFN6O3. The molecule has 2 atom stereocenters. The number of carbonyl (C=O) groups excluding carboxylic acids is 3. The number of amides is 2. The van der Waals surface area contributed by atoms with Crippen LogP contribution in [0.4, 0.5) is 10.2 Å². The molecule has 0 unspecified atom stereocenters. The number of ketones is 1. The molecule has 0 spiro atoms. The predicted molar refractivity (Wildman–Crippen MR) is 153 cm³/mol. The van der Waals surface area contributed by atoms with Crippen molar-refractivity contribution < 1.29 is 18.8 Å². The van der Waals surface area contributed by atoms with E-state index < -0.39 is 24.0 Å². The van der Waals surface area contributed by atoms with Crippen molar-refractivity contribution in [2.45, 2.75) is 39.0 Å². The van der Waals surface area contributed by atoms with Gasteiger partial charge < -0.3 is 14.8 Å². The van der Waals surface area contributed by atoms with Crippen molar-refractivity contribution >= 4 is 55.8 Å². The maximum absolute atomic E-state index is 14.5. The van der Waals surface area contributed by atoms with Crippen LogP contribution in [0.2, 0.25) is 0 Å². The van der Waals surface area contributed by atoms with E-state index >= 15 is 0 Å². The van der Waals surface area contributed by atoms with E-state index in [1.807, 2.05) is 25.1 Å². The number of benzene rings is 1. The van der Waals surface area contributed by atoms with Crippen LogP contribution in [0.5, 0.6) is 0 Å². The number of halogens is 2. The molecule has 4 heterocycles. The van der Waals surface area contributed by atoms with Crippen LogP contribution in [0, 0.1) is 0 Å². The number of aromatic nitrogens is 4. The van der Waals surface area contributed by atoms with Crippen molar-refractivity contribution in [2.75, 3.05) is 11.9 Å². The van der Waals surface area contributed by atoms with E-state index in [9.17, 15) is 18.8 Å². The van der Waals surface area contributed by atoms with Gasteiger partial charge in [-0.1, -0.05) is 18.7 Å². The van der Waals surface area contributed by atoms with Crippen LogP contribution >= 0.6 is 15.9 Å². The maximum atomic E-state index is 14.5. The highest BCUT2D eigenvalue weighted by molar-refractivity contribution is 9.10. The summed E-state index contributed by atoms with van der Waals surface area (Å²) in [5.41, 5.74) is 3.44. The van der Waals surface area contributed by atoms with Crippen LogP contribution in [0.15, 0.2) is 66.2 Å². The van der Waals surface area contributed by atoms with E-state index in [-0.39, 0.29) is 25.3 Å². The second-order valence-corrected chi connectivity index (χ2v) is 10.6.